The van der Waals surface area contributed by atoms with Crippen molar-refractivity contribution in [3.63, 3.8) is 0 Å². The van der Waals surface area contributed by atoms with Crippen LogP contribution < -0.4 is 4.74 Å². The smallest absolute Gasteiger partial charge is 0.337 e. The molecular formula is C19H25N3O5S. The minimum absolute atomic E-state index is 0.133. The molecule has 0 N–H and O–H groups in total. The first-order chi connectivity index (χ1) is 13.3. The topological polar surface area (TPSA) is 90.7 Å². The average molecular weight is 407 g/mol. The molecule has 1 unspecified atom stereocenters. The largest absolute Gasteiger partial charge is 0.496 e. The Hall–Kier alpha value is -2.39. The van der Waals surface area contributed by atoms with E-state index in [9.17, 15) is 13.2 Å². The van der Waals surface area contributed by atoms with E-state index in [4.69, 9.17) is 9.47 Å². The summed E-state index contributed by atoms with van der Waals surface area (Å²) in [5.74, 6) is 0.400. The summed E-state index contributed by atoms with van der Waals surface area (Å²) in [6.45, 7) is 2.62. The van der Waals surface area contributed by atoms with Crippen LogP contribution in [0, 0.1) is 12.8 Å². The van der Waals surface area contributed by atoms with Crippen LogP contribution in [0.5, 0.6) is 5.75 Å². The highest BCUT2D eigenvalue weighted by Gasteiger charge is 2.34. The highest BCUT2D eigenvalue weighted by atomic mass is 32.2. The molecule has 8 nitrogen and oxygen atoms in total. The molecule has 1 aromatic heterocycles. The molecule has 1 fully saturated rings. The summed E-state index contributed by atoms with van der Waals surface area (Å²) in [6, 6.07) is 5.15. The number of benzene rings is 1. The molecule has 28 heavy (non-hydrogen) atoms. The van der Waals surface area contributed by atoms with Crippen LogP contribution in [0.15, 0.2) is 29.3 Å². The van der Waals surface area contributed by atoms with Crippen molar-refractivity contribution in [3.05, 3.63) is 41.2 Å². The molecule has 2 heterocycles. The van der Waals surface area contributed by atoms with Crippen LogP contribution in [-0.2, 0) is 28.2 Å². The van der Waals surface area contributed by atoms with Gasteiger partial charge in [0.1, 0.15) is 10.6 Å². The Morgan fingerprint density at radius 1 is 1.32 bits per heavy atom. The molecule has 3 rings (SSSR count). The first-order valence-corrected chi connectivity index (χ1v) is 10.5. The van der Waals surface area contributed by atoms with Crippen molar-refractivity contribution < 1.29 is 22.7 Å². The number of carbonyl (C=O) groups excluding carboxylic acids is 1. The molecule has 1 aliphatic rings. The molecule has 9 heteroatoms. The minimum atomic E-state index is -3.57. The number of ether oxygens (including phenoxy) is 2. The number of methoxy groups -OCH3 is 2. The molecule has 2 aromatic rings. The summed E-state index contributed by atoms with van der Waals surface area (Å²) in [6.07, 6.45) is 2.76. The predicted octanol–water partition coefficient (Wildman–Crippen LogP) is 1.78. The zero-order valence-corrected chi connectivity index (χ0v) is 17.3. The molecule has 0 radical (unpaired) electrons. The molecule has 1 saturated heterocycles. The lowest BCUT2D eigenvalue weighted by molar-refractivity contribution is 0.0600. The number of hydrogen-bond donors (Lipinski definition) is 0. The van der Waals surface area contributed by atoms with Gasteiger partial charge in [0.2, 0.25) is 10.0 Å². The zero-order valence-electron chi connectivity index (χ0n) is 16.5. The highest BCUT2D eigenvalue weighted by Crippen LogP contribution is 2.30. The minimum Gasteiger partial charge on any atom is -0.496 e. The van der Waals surface area contributed by atoms with Gasteiger partial charge in [-0.05, 0) is 49.4 Å². The number of sulfonamides is 1. The maximum Gasteiger partial charge on any atom is 0.337 e. The first-order valence-electron chi connectivity index (χ1n) is 9.02. The first kappa shape index (κ1) is 20.3. The van der Waals surface area contributed by atoms with Crippen LogP contribution in [0.2, 0.25) is 0 Å². The number of esters is 1. The SMILES string of the molecule is COC(=O)c1ccc(OC)c(CC2CCN(S(=O)(=O)c3cnn(C)c3C)C2)c1. The van der Waals surface area contributed by atoms with Crippen molar-refractivity contribution in [2.45, 2.75) is 24.7 Å². The van der Waals surface area contributed by atoms with Gasteiger partial charge in [-0.3, -0.25) is 4.68 Å². The van der Waals surface area contributed by atoms with Crippen molar-refractivity contribution in [3.8, 4) is 5.75 Å². The third-order valence-electron chi connectivity index (χ3n) is 5.27. The number of aryl methyl sites for hydroxylation is 1. The van der Waals surface area contributed by atoms with Crippen molar-refractivity contribution >= 4 is 16.0 Å². The lowest BCUT2D eigenvalue weighted by Crippen LogP contribution is -2.29. The Morgan fingerprint density at radius 3 is 2.68 bits per heavy atom. The van der Waals surface area contributed by atoms with E-state index in [2.05, 4.69) is 5.10 Å². The normalized spacial score (nSPS) is 17.6. The Bertz CT molecular complexity index is 983. The van der Waals surface area contributed by atoms with E-state index in [0.29, 0.717) is 36.5 Å². The second-order valence-corrected chi connectivity index (χ2v) is 8.86. The fourth-order valence-corrected chi connectivity index (χ4v) is 5.26. The molecule has 1 atom stereocenters. The van der Waals surface area contributed by atoms with Crippen molar-refractivity contribution in [2.24, 2.45) is 13.0 Å². The monoisotopic (exact) mass is 407 g/mol. The highest BCUT2D eigenvalue weighted by molar-refractivity contribution is 7.89. The summed E-state index contributed by atoms with van der Waals surface area (Å²) >= 11 is 0. The Labute approximate surface area is 165 Å². The van der Waals surface area contributed by atoms with Crippen molar-refractivity contribution in [1.82, 2.24) is 14.1 Å². The van der Waals surface area contributed by atoms with Crippen LogP contribution in [-0.4, -0.2) is 55.8 Å². The second kappa shape index (κ2) is 7.92. The summed E-state index contributed by atoms with van der Waals surface area (Å²) in [5, 5.41) is 4.05. The van der Waals surface area contributed by atoms with Crippen molar-refractivity contribution in [2.75, 3.05) is 27.3 Å². The molecule has 1 aromatic carbocycles. The maximum atomic E-state index is 13.0. The Balaban J connectivity index is 1.78. The van der Waals surface area contributed by atoms with Gasteiger partial charge in [-0.25, -0.2) is 13.2 Å². The number of carbonyl (C=O) groups is 1. The van der Waals surface area contributed by atoms with E-state index in [1.54, 1.807) is 44.0 Å². The Kier molecular flexibility index (Phi) is 5.76. The Morgan fingerprint density at radius 2 is 2.07 bits per heavy atom. The molecule has 0 bridgehead atoms. The summed E-state index contributed by atoms with van der Waals surface area (Å²) in [7, 11) is 1.07. The second-order valence-electron chi connectivity index (χ2n) is 6.96. The van der Waals surface area contributed by atoms with Gasteiger partial charge in [-0.1, -0.05) is 0 Å². The van der Waals surface area contributed by atoms with Gasteiger partial charge in [0.05, 0.1) is 31.7 Å². The third-order valence-corrected chi connectivity index (χ3v) is 7.23. The standard InChI is InChI=1S/C19H25N3O5S/c1-13-18(11-20-21(13)2)28(24,25)22-8-7-14(12-22)9-16-10-15(19(23)27-4)5-6-17(16)26-3/h5-6,10-11,14H,7-9,12H2,1-4H3. The average Bonchev–Trinajstić information content (AvgIpc) is 3.29. The van der Waals surface area contributed by atoms with Gasteiger partial charge in [-0.2, -0.15) is 9.40 Å². The van der Waals surface area contributed by atoms with Crippen LogP contribution in [0.25, 0.3) is 0 Å². The van der Waals surface area contributed by atoms with Gasteiger partial charge in [-0.15, -0.1) is 0 Å². The summed E-state index contributed by atoms with van der Waals surface area (Å²) in [4.78, 5) is 12.1. The van der Waals surface area contributed by atoms with E-state index >= 15 is 0 Å². The summed E-state index contributed by atoms with van der Waals surface area (Å²) in [5.41, 5.74) is 1.94. The van der Waals surface area contributed by atoms with Crippen LogP contribution in [0.3, 0.4) is 0 Å². The van der Waals surface area contributed by atoms with E-state index in [1.807, 2.05) is 0 Å². The number of aromatic nitrogens is 2. The van der Waals surface area contributed by atoms with Gasteiger partial charge in [0.15, 0.2) is 0 Å². The number of hydrogen-bond acceptors (Lipinski definition) is 6. The zero-order chi connectivity index (χ0) is 20.5. The van der Waals surface area contributed by atoms with Crippen molar-refractivity contribution in [1.29, 1.82) is 0 Å². The quantitative estimate of drug-likeness (QED) is 0.678. The van der Waals surface area contributed by atoms with E-state index in [-0.39, 0.29) is 10.8 Å². The molecule has 0 saturated carbocycles. The van der Waals surface area contributed by atoms with Crippen LogP contribution >= 0.6 is 0 Å². The van der Waals surface area contributed by atoms with Crippen LogP contribution in [0.4, 0.5) is 0 Å². The van der Waals surface area contributed by atoms with E-state index in [0.717, 1.165) is 12.0 Å². The van der Waals surface area contributed by atoms with Gasteiger partial charge in [0.25, 0.3) is 0 Å². The molecular weight excluding hydrogens is 382 g/mol. The van der Waals surface area contributed by atoms with Gasteiger partial charge in [0, 0.05) is 20.1 Å². The van der Waals surface area contributed by atoms with Gasteiger partial charge < -0.3 is 9.47 Å². The number of nitrogens with zero attached hydrogens (tertiary/aromatic N) is 3. The van der Waals surface area contributed by atoms with E-state index < -0.39 is 16.0 Å². The predicted molar refractivity (Wildman–Crippen MR) is 103 cm³/mol. The number of rotatable bonds is 6. The maximum absolute atomic E-state index is 13.0. The third kappa shape index (κ3) is 3.77. The van der Waals surface area contributed by atoms with Crippen LogP contribution in [0.1, 0.15) is 28.0 Å². The fourth-order valence-electron chi connectivity index (χ4n) is 3.55. The molecule has 152 valence electrons. The lowest BCUT2D eigenvalue weighted by Gasteiger charge is -2.17. The molecule has 0 amide bonds. The fraction of sp³-hybridized carbons (Fsp3) is 0.474. The molecule has 1 aliphatic heterocycles. The molecule has 0 spiro atoms. The van der Waals surface area contributed by atoms with E-state index in [1.165, 1.54) is 17.6 Å². The lowest BCUT2D eigenvalue weighted by atomic mass is 9.96. The summed E-state index contributed by atoms with van der Waals surface area (Å²) < 4.78 is 39.2. The molecule has 0 aliphatic carbocycles. The van der Waals surface area contributed by atoms with Gasteiger partial charge >= 0.3 is 5.97 Å².